The minimum absolute atomic E-state index is 0.136. The lowest BCUT2D eigenvalue weighted by molar-refractivity contribution is 0.0638. The number of nitrogens with one attached hydrogen (secondary N) is 1. The average molecular weight is 524 g/mol. The Hall–Kier alpha value is -4.23. The van der Waals surface area contributed by atoms with Gasteiger partial charge in [-0.1, -0.05) is 85.8 Å². The molecule has 0 spiro atoms. The molecule has 7 heteroatoms. The zero-order chi connectivity index (χ0) is 27.2. The predicted molar refractivity (Wildman–Crippen MR) is 152 cm³/mol. The Kier molecular flexibility index (Phi) is 8.18. The van der Waals surface area contributed by atoms with Crippen molar-refractivity contribution < 1.29 is 19.4 Å². The maximum atomic E-state index is 14.1. The Bertz CT molecular complexity index is 1440. The van der Waals surface area contributed by atoms with Crippen molar-refractivity contribution in [3.8, 4) is 11.3 Å². The van der Waals surface area contributed by atoms with Crippen LogP contribution in [0, 0.1) is 0 Å². The van der Waals surface area contributed by atoms with Gasteiger partial charge in [-0.3, -0.25) is 4.79 Å². The van der Waals surface area contributed by atoms with Crippen molar-refractivity contribution in [1.29, 1.82) is 0 Å². The monoisotopic (exact) mass is 523 g/mol. The number of carboxylic acid groups (broad SMARTS) is 1. The van der Waals surface area contributed by atoms with Crippen LogP contribution in [0.1, 0.15) is 53.7 Å². The molecule has 1 fully saturated rings. The van der Waals surface area contributed by atoms with Crippen molar-refractivity contribution in [1.82, 2.24) is 15.2 Å². The van der Waals surface area contributed by atoms with Gasteiger partial charge in [0.1, 0.15) is 0 Å². The van der Waals surface area contributed by atoms with E-state index in [1.807, 2.05) is 84.9 Å². The molecule has 3 aromatic carbocycles. The molecule has 4 aromatic rings. The third-order valence-electron chi connectivity index (χ3n) is 7.36. The van der Waals surface area contributed by atoms with Crippen LogP contribution < -0.4 is 5.32 Å². The third kappa shape index (κ3) is 5.78. The molecule has 0 bridgehead atoms. The first kappa shape index (κ1) is 26.4. The second-order valence-corrected chi connectivity index (χ2v) is 9.83. The average Bonchev–Trinajstić information content (AvgIpc) is 3.45. The number of hydrogen-bond acceptors (Lipinski definition) is 4. The Morgan fingerprint density at radius 3 is 2.44 bits per heavy atom. The van der Waals surface area contributed by atoms with E-state index in [0.717, 1.165) is 41.3 Å². The molecule has 1 aliphatic heterocycles. The molecule has 1 aromatic heterocycles. The fourth-order valence-corrected chi connectivity index (χ4v) is 5.38. The number of nitrogens with zero attached hydrogens (tertiary/aromatic N) is 2. The number of aromatic nitrogens is 1. The highest BCUT2D eigenvalue weighted by atomic mass is 16.5. The number of amides is 2. The summed E-state index contributed by atoms with van der Waals surface area (Å²) in [5.41, 5.74) is 4.58. The van der Waals surface area contributed by atoms with E-state index in [1.54, 1.807) is 0 Å². The number of para-hydroxylation sites is 1. The van der Waals surface area contributed by atoms with Crippen LogP contribution in [0.15, 0.2) is 84.9 Å². The van der Waals surface area contributed by atoms with Gasteiger partial charge in [0.05, 0.1) is 42.1 Å². The number of hydrogen-bond donors (Lipinski definition) is 2. The van der Waals surface area contributed by atoms with Crippen LogP contribution in [-0.2, 0) is 11.3 Å². The lowest BCUT2D eigenvalue weighted by Gasteiger charge is -2.23. The van der Waals surface area contributed by atoms with Crippen LogP contribution in [-0.4, -0.2) is 46.2 Å². The SMILES string of the molecule is CC[C@H](NC(=O)c1c(COC[C@@H]2CCCN2C(=O)O)c(-c2ccccc2)nc2ccccc12)c1ccccc1. The topological polar surface area (TPSA) is 91.8 Å². The summed E-state index contributed by atoms with van der Waals surface area (Å²) >= 11 is 0. The molecule has 200 valence electrons. The Balaban J connectivity index is 1.55. The van der Waals surface area contributed by atoms with E-state index >= 15 is 0 Å². The molecule has 0 aliphatic carbocycles. The molecule has 2 amide bonds. The van der Waals surface area contributed by atoms with Crippen molar-refractivity contribution >= 4 is 22.9 Å². The van der Waals surface area contributed by atoms with Crippen molar-refractivity contribution in [3.63, 3.8) is 0 Å². The van der Waals surface area contributed by atoms with Gasteiger partial charge in [-0.25, -0.2) is 9.78 Å². The van der Waals surface area contributed by atoms with E-state index in [1.165, 1.54) is 4.90 Å². The molecule has 2 N–H and O–H groups in total. The molecule has 7 nitrogen and oxygen atoms in total. The second-order valence-electron chi connectivity index (χ2n) is 9.83. The third-order valence-corrected chi connectivity index (χ3v) is 7.36. The number of carbonyl (C=O) groups is 2. The highest BCUT2D eigenvalue weighted by Crippen LogP contribution is 2.32. The van der Waals surface area contributed by atoms with Crippen molar-refractivity contribution in [3.05, 3.63) is 102 Å². The summed E-state index contributed by atoms with van der Waals surface area (Å²) in [6.45, 7) is 2.96. The normalized spacial score (nSPS) is 15.8. The van der Waals surface area contributed by atoms with Crippen LogP contribution in [0.2, 0.25) is 0 Å². The first-order chi connectivity index (χ1) is 19.1. The fourth-order valence-electron chi connectivity index (χ4n) is 5.38. The molecule has 1 saturated heterocycles. The predicted octanol–water partition coefficient (Wildman–Crippen LogP) is 6.44. The summed E-state index contributed by atoms with van der Waals surface area (Å²) in [6.07, 6.45) is 1.39. The molecule has 0 unspecified atom stereocenters. The standard InChI is InChI=1S/C32H33N3O4/c1-2-27(22-12-5-3-6-13-22)34-31(36)29-25-17-9-10-18-28(25)33-30(23-14-7-4-8-15-23)26(29)21-39-20-24-16-11-19-35(24)32(37)38/h3-10,12-15,17-18,24,27H,2,11,16,19-21H2,1H3,(H,34,36)(H,37,38)/t24-,27-/m0/s1. The molecule has 0 radical (unpaired) electrons. The summed E-state index contributed by atoms with van der Waals surface area (Å²) in [4.78, 5) is 32.1. The highest BCUT2D eigenvalue weighted by molar-refractivity contribution is 6.09. The number of ether oxygens (including phenoxy) is 1. The van der Waals surface area contributed by atoms with Crippen LogP contribution in [0.4, 0.5) is 4.79 Å². The van der Waals surface area contributed by atoms with Crippen molar-refractivity contribution in [2.75, 3.05) is 13.2 Å². The summed E-state index contributed by atoms with van der Waals surface area (Å²) in [5, 5.41) is 13.5. The van der Waals surface area contributed by atoms with E-state index < -0.39 is 6.09 Å². The fraction of sp³-hybridized carbons (Fsp3) is 0.281. The van der Waals surface area contributed by atoms with Crippen LogP contribution in [0.25, 0.3) is 22.2 Å². The lowest BCUT2D eigenvalue weighted by Crippen LogP contribution is -2.37. The van der Waals surface area contributed by atoms with Gasteiger partial charge in [-0.15, -0.1) is 0 Å². The summed E-state index contributed by atoms with van der Waals surface area (Å²) in [5.74, 6) is -0.187. The molecule has 0 saturated carbocycles. The Morgan fingerprint density at radius 2 is 1.72 bits per heavy atom. The second kappa shape index (κ2) is 12.1. The molecular formula is C32H33N3O4. The van der Waals surface area contributed by atoms with E-state index in [-0.39, 0.29) is 31.2 Å². The van der Waals surface area contributed by atoms with E-state index in [0.29, 0.717) is 23.4 Å². The van der Waals surface area contributed by atoms with E-state index in [2.05, 4.69) is 12.2 Å². The van der Waals surface area contributed by atoms with E-state index in [9.17, 15) is 14.7 Å². The van der Waals surface area contributed by atoms with E-state index in [4.69, 9.17) is 9.72 Å². The van der Waals surface area contributed by atoms with Gasteiger partial charge in [0.2, 0.25) is 0 Å². The minimum Gasteiger partial charge on any atom is -0.465 e. The van der Waals surface area contributed by atoms with Crippen molar-refractivity contribution in [2.24, 2.45) is 0 Å². The summed E-state index contributed by atoms with van der Waals surface area (Å²) < 4.78 is 6.18. The number of rotatable bonds is 9. The first-order valence-electron chi connectivity index (χ1n) is 13.5. The van der Waals surface area contributed by atoms with Gasteiger partial charge >= 0.3 is 6.09 Å². The highest BCUT2D eigenvalue weighted by Gasteiger charge is 2.29. The maximum Gasteiger partial charge on any atom is 0.407 e. The Labute approximate surface area is 228 Å². The van der Waals surface area contributed by atoms with Crippen LogP contribution in [0.3, 0.4) is 0 Å². The molecule has 39 heavy (non-hydrogen) atoms. The number of carbonyl (C=O) groups excluding carboxylic acids is 1. The van der Waals surface area contributed by atoms with Gasteiger partial charge < -0.3 is 20.1 Å². The van der Waals surface area contributed by atoms with Crippen LogP contribution >= 0.6 is 0 Å². The number of pyridine rings is 1. The van der Waals surface area contributed by atoms with Gasteiger partial charge in [0, 0.05) is 23.1 Å². The van der Waals surface area contributed by atoms with Gasteiger partial charge in [-0.05, 0) is 30.9 Å². The smallest absolute Gasteiger partial charge is 0.407 e. The van der Waals surface area contributed by atoms with Gasteiger partial charge in [-0.2, -0.15) is 0 Å². The number of likely N-dealkylation sites (tertiary alicyclic amines) is 1. The lowest BCUT2D eigenvalue weighted by atomic mass is 9.95. The van der Waals surface area contributed by atoms with Crippen molar-refractivity contribution in [2.45, 2.75) is 44.9 Å². The zero-order valence-corrected chi connectivity index (χ0v) is 22.0. The quantitative estimate of drug-likeness (QED) is 0.263. The van der Waals surface area contributed by atoms with Gasteiger partial charge in [0.25, 0.3) is 5.91 Å². The molecule has 5 rings (SSSR count). The minimum atomic E-state index is -0.926. The molecule has 2 heterocycles. The number of benzene rings is 3. The van der Waals surface area contributed by atoms with Gasteiger partial charge in [0.15, 0.2) is 0 Å². The van der Waals surface area contributed by atoms with Crippen LogP contribution in [0.5, 0.6) is 0 Å². The molecule has 2 atom stereocenters. The zero-order valence-electron chi connectivity index (χ0n) is 22.0. The number of fused-ring (bicyclic) bond motifs is 1. The molecule has 1 aliphatic rings. The largest absolute Gasteiger partial charge is 0.465 e. The Morgan fingerprint density at radius 1 is 1.03 bits per heavy atom. The summed E-state index contributed by atoms with van der Waals surface area (Å²) in [7, 11) is 0. The first-order valence-corrected chi connectivity index (χ1v) is 13.5. The molecular weight excluding hydrogens is 490 g/mol. The summed E-state index contributed by atoms with van der Waals surface area (Å²) in [6, 6.07) is 27.1. The maximum absolute atomic E-state index is 14.1.